The highest BCUT2D eigenvalue weighted by atomic mass is 35.5. The van der Waals surface area contributed by atoms with Crippen molar-refractivity contribution in [2.24, 2.45) is 0 Å². The first kappa shape index (κ1) is 12.1. The molecule has 0 amide bonds. The maximum atomic E-state index is 6.09. The summed E-state index contributed by atoms with van der Waals surface area (Å²) in [6.07, 6.45) is 0.722. The van der Waals surface area contributed by atoms with Crippen LogP contribution < -0.4 is 4.74 Å². The lowest BCUT2D eigenvalue weighted by Crippen LogP contribution is -2.02. The Balaban J connectivity index is 1.67. The molecule has 0 saturated heterocycles. The molecule has 3 nitrogen and oxygen atoms in total. The number of nitrogens with one attached hydrogen (secondary N) is 1. The minimum atomic E-state index is 0.585. The van der Waals surface area contributed by atoms with Crippen LogP contribution in [0, 0.1) is 0 Å². The summed E-state index contributed by atoms with van der Waals surface area (Å²) in [7, 11) is 0. The number of nitrogens with zero attached hydrogens (tertiary/aromatic N) is 1. The molecule has 0 atom stereocenters. The lowest BCUT2D eigenvalue weighted by atomic mass is 10.3. The van der Waals surface area contributed by atoms with Crippen LogP contribution in [0.4, 0.5) is 0 Å². The number of H-pyrrole nitrogens is 1. The second-order valence-electron chi connectivity index (χ2n) is 4.23. The average Bonchev–Trinajstić information content (AvgIpc) is 2.84. The molecule has 3 aromatic rings. The molecule has 0 saturated carbocycles. The molecule has 19 heavy (non-hydrogen) atoms. The fourth-order valence-corrected chi connectivity index (χ4v) is 2.17. The zero-order valence-corrected chi connectivity index (χ0v) is 11.0. The van der Waals surface area contributed by atoms with Crippen LogP contribution in [0.15, 0.2) is 48.5 Å². The van der Waals surface area contributed by atoms with Crippen molar-refractivity contribution in [1.29, 1.82) is 0 Å². The van der Waals surface area contributed by atoms with Gasteiger partial charge in [-0.05, 0) is 24.3 Å². The molecule has 0 aliphatic rings. The molecule has 0 bridgehead atoms. The zero-order chi connectivity index (χ0) is 13.1. The molecule has 4 heteroatoms. The van der Waals surface area contributed by atoms with E-state index in [0.29, 0.717) is 11.6 Å². The van der Waals surface area contributed by atoms with Crippen molar-refractivity contribution < 1.29 is 4.74 Å². The van der Waals surface area contributed by atoms with Crippen molar-refractivity contribution in [2.45, 2.75) is 6.42 Å². The molecule has 2 aromatic carbocycles. The number of fused-ring (bicyclic) bond motifs is 1. The third-order valence-corrected chi connectivity index (χ3v) is 3.17. The molecule has 1 N–H and O–H groups in total. The Bertz CT molecular complexity index is 679. The highest BCUT2D eigenvalue weighted by Gasteiger charge is 2.05. The van der Waals surface area contributed by atoms with E-state index in [1.807, 2.05) is 48.5 Å². The Morgan fingerprint density at radius 3 is 2.68 bits per heavy atom. The molecular weight excluding hydrogens is 260 g/mol. The number of aromatic nitrogens is 2. The van der Waals surface area contributed by atoms with Crippen LogP contribution in [-0.2, 0) is 6.42 Å². The standard InChI is InChI=1S/C15H13ClN2O/c16-12-7-4-8-13-15(12)18-14(17-13)9-10-19-11-5-2-1-3-6-11/h1-8H,9-10H2,(H,17,18). The monoisotopic (exact) mass is 272 g/mol. The molecule has 96 valence electrons. The molecule has 0 aliphatic carbocycles. The highest BCUT2D eigenvalue weighted by Crippen LogP contribution is 2.21. The first-order valence-corrected chi connectivity index (χ1v) is 6.52. The summed E-state index contributed by atoms with van der Waals surface area (Å²) in [5.74, 6) is 1.76. The quantitative estimate of drug-likeness (QED) is 0.784. The molecule has 3 rings (SSSR count). The van der Waals surface area contributed by atoms with E-state index >= 15 is 0 Å². The Morgan fingerprint density at radius 2 is 1.89 bits per heavy atom. The first-order chi connectivity index (χ1) is 9.33. The van der Waals surface area contributed by atoms with Crippen LogP contribution in [0.25, 0.3) is 11.0 Å². The van der Waals surface area contributed by atoms with Gasteiger partial charge in [-0.1, -0.05) is 35.9 Å². The second kappa shape index (κ2) is 5.33. The van der Waals surface area contributed by atoms with Crippen molar-refractivity contribution in [3.05, 3.63) is 59.4 Å². The number of rotatable bonds is 4. The van der Waals surface area contributed by atoms with E-state index in [9.17, 15) is 0 Å². The van der Waals surface area contributed by atoms with E-state index < -0.39 is 0 Å². The number of ether oxygens (including phenoxy) is 1. The fraction of sp³-hybridized carbons (Fsp3) is 0.133. The minimum absolute atomic E-state index is 0.585. The van der Waals surface area contributed by atoms with Gasteiger partial charge in [0, 0.05) is 6.42 Å². The van der Waals surface area contributed by atoms with Crippen molar-refractivity contribution in [2.75, 3.05) is 6.61 Å². The predicted octanol–water partition coefficient (Wildman–Crippen LogP) is 3.84. The minimum Gasteiger partial charge on any atom is -0.493 e. The molecule has 0 aliphatic heterocycles. The van der Waals surface area contributed by atoms with Gasteiger partial charge in [-0.3, -0.25) is 0 Å². The Labute approximate surface area is 116 Å². The third-order valence-electron chi connectivity index (χ3n) is 2.86. The Kier molecular flexibility index (Phi) is 3.38. The van der Waals surface area contributed by atoms with Crippen molar-refractivity contribution in [1.82, 2.24) is 9.97 Å². The number of para-hydroxylation sites is 2. The summed E-state index contributed by atoms with van der Waals surface area (Å²) in [4.78, 5) is 7.72. The van der Waals surface area contributed by atoms with E-state index in [4.69, 9.17) is 16.3 Å². The molecule has 0 spiro atoms. The van der Waals surface area contributed by atoms with Gasteiger partial charge in [0.05, 0.1) is 17.1 Å². The van der Waals surface area contributed by atoms with Gasteiger partial charge in [-0.2, -0.15) is 0 Å². The van der Waals surface area contributed by atoms with Crippen LogP contribution >= 0.6 is 11.6 Å². The van der Waals surface area contributed by atoms with Gasteiger partial charge in [0.25, 0.3) is 0 Å². The number of imidazole rings is 1. The summed E-state index contributed by atoms with van der Waals surface area (Å²) in [6.45, 7) is 0.585. The fourth-order valence-electron chi connectivity index (χ4n) is 1.95. The highest BCUT2D eigenvalue weighted by molar-refractivity contribution is 6.34. The number of aromatic amines is 1. The van der Waals surface area contributed by atoms with E-state index in [1.165, 1.54) is 0 Å². The Hall–Kier alpha value is -2.00. The van der Waals surface area contributed by atoms with E-state index in [1.54, 1.807) is 0 Å². The van der Waals surface area contributed by atoms with E-state index in [-0.39, 0.29) is 0 Å². The van der Waals surface area contributed by atoms with Crippen LogP contribution in [-0.4, -0.2) is 16.6 Å². The lowest BCUT2D eigenvalue weighted by Gasteiger charge is -2.03. The summed E-state index contributed by atoms with van der Waals surface area (Å²) in [6, 6.07) is 15.5. The summed E-state index contributed by atoms with van der Waals surface area (Å²) >= 11 is 6.09. The number of hydrogen-bond acceptors (Lipinski definition) is 2. The molecule has 1 aromatic heterocycles. The second-order valence-corrected chi connectivity index (χ2v) is 4.64. The molecule has 0 radical (unpaired) electrons. The normalized spacial score (nSPS) is 10.8. The maximum Gasteiger partial charge on any atom is 0.119 e. The van der Waals surface area contributed by atoms with E-state index in [0.717, 1.165) is 29.0 Å². The topological polar surface area (TPSA) is 37.9 Å². The van der Waals surface area contributed by atoms with Crippen LogP contribution in [0.2, 0.25) is 5.02 Å². The van der Waals surface area contributed by atoms with Gasteiger partial charge >= 0.3 is 0 Å². The largest absolute Gasteiger partial charge is 0.493 e. The Morgan fingerprint density at radius 1 is 1.05 bits per heavy atom. The maximum absolute atomic E-state index is 6.09. The average molecular weight is 273 g/mol. The SMILES string of the molecule is Clc1cccc2[nH]c(CCOc3ccccc3)nc12. The van der Waals surface area contributed by atoms with Gasteiger partial charge < -0.3 is 9.72 Å². The molecule has 1 heterocycles. The van der Waals surface area contributed by atoms with Gasteiger partial charge in [0.1, 0.15) is 17.1 Å². The smallest absolute Gasteiger partial charge is 0.119 e. The molecule has 0 unspecified atom stereocenters. The van der Waals surface area contributed by atoms with Gasteiger partial charge in [-0.25, -0.2) is 4.98 Å². The van der Waals surface area contributed by atoms with Gasteiger partial charge in [0.15, 0.2) is 0 Å². The van der Waals surface area contributed by atoms with Gasteiger partial charge in [-0.15, -0.1) is 0 Å². The number of benzene rings is 2. The van der Waals surface area contributed by atoms with E-state index in [2.05, 4.69) is 9.97 Å². The third kappa shape index (κ3) is 2.71. The summed E-state index contributed by atoms with van der Waals surface area (Å²) in [5.41, 5.74) is 1.78. The summed E-state index contributed by atoms with van der Waals surface area (Å²) < 4.78 is 5.64. The summed E-state index contributed by atoms with van der Waals surface area (Å²) in [5, 5.41) is 0.670. The van der Waals surface area contributed by atoms with Crippen molar-refractivity contribution in [3.8, 4) is 5.75 Å². The molecule has 0 fully saturated rings. The predicted molar refractivity (Wildman–Crippen MR) is 76.7 cm³/mol. The molecular formula is C15H13ClN2O. The van der Waals surface area contributed by atoms with Crippen LogP contribution in [0.1, 0.15) is 5.82 Å². The van der Waals surface area contributed by atoms with Crippen LogP contribution in [0.3, 0.4) is 0 Å². The van der Waals surface area contributed by atoms with Crippen molar-refractivity contribution >= 4 is 22.6 Å². The van der Waals surface area contributed by atoms with Crippen LogP contribution in [0.5, 0.6) is 5.75 Å². The first-order valence-electron chi connectivity index (χ1n) is 6.14. The van der Waals surface area contributed by atoms with Gasteiger partial charge in [0.2, 0.25) is 0 Å². The number of halogens is 1. The zero-order valence-electron chi connectivity index (χ0n) is 10.3. The number of hydrogen-bond donors (Lipinski definition) is 1. The van der Waals surface area contributed by atoms with Crippen molar-refractivity contribution in [3.63, 3.8) is 0 Å². The lowest BCUT2D eigenvalue weighted by molar-refractivity contribution is 0.319.